The van der Waals surface area contributed by atoms with E-state index in [1.807, 2.05) is 93.7 Å². The Kier molecular flexibility index (Phi) is 23.2. The van der Waals surface area contributed by atoms with Crippen molar-refractivity contribution in [2.75, 3.05) is 148 Å². The molecule has 0 radical (unpaired) electrons. The van der Waals surface area contributed by atoms with Crippen molar-refractivity contribution in [3.63, 3.8) is 0 Å². The molecule has 0 N–H and O–H groups in total. The minimum atomic E-state index is -3.75. The first-order chi connectivity index (χ1) is 48.0. The number of sulfone groups is 1. The summed E-state index contributed by atoms with van der Waals surface area (Å²) >= 11 is 7.69. The Morgan fingerprint density at radius 1 is 0.510 bits per heavy atom. The molecule has 9 aromatic rings. The lowest BCUT2D eigenvalue weighted by Gasteiger charge is -2.37. The van der Waals surface area contributed by atoms with Gasteiger partial charge >= 0.3 is 11.9 Å². The van der Waals surface area contributed by atoms with E-state index in [1.165, 1.54) is 20.5 Å². The summed E-state index contributed by atoms with van der Waals surface area (Å²) in [6.07, 6.45) is 1.07. The van der Waals surface area contributed by atoms with Crippen LogP contribution in [0.4, 0.5) is 17.1 Å². The van der Waals surface area contributed by atoms with Crippen LogP contribution in [0.2, 0.25) is 5.02 Å². The number of methoxy groups -OCH3 is 2. The van der Waals surface area contributed by atoms with Gasteiger partial charge in [0.1, 0.15) is 22.6 Å². The molecule has 12 rings (SSSR count). The number of para-hydroxylation sites is 2. The highest BCUT2D eigenvalue weighted by Crippen LogP contribution is 2.36. The van der Waals surface area contributed by atoms with Crippen molar-refractivity contribution in [3.8, 4) is 11.5 Å². The Morgan fingerprint density at radius 2 is 0.940 bits per heavy atom. The third kappa shape index (κ3) is 15.5. The predicted octanol–water partition coefficient (Wildman–Crippen LogP) is 8.02. The number of carbonyl (C=O) groups excluding carboxylic acids is 5. The summed E-state index contributed by atoms with van der Waals surface area (Å²) in [5.41, 5.74) is 3.51. The number of carbonyl (C=O) groups is 5. The highest BCUT2D eigenvalue weighted by atomic mass is 35.5. The molecule has 3 fully saturated rings. The number of anilines is 3. The van der Waals surface area contributed by atoms with Crippen molar-refractivity contribution < 1.29 is 51.3 Å². The van der Waals surface area contributed by atoms with Gasteiger partial charge in [0.15, 0.2) is 14.7 Å². The number of aryl methyl sites for hydroxylation is 2. The number of rotatable bonds is 16. The fourth-order valence-corrected chi connectivity index (χ4v) is 14.6. The van der Waals surface area contributed by atoms with E-state index in [2.05, 4.69) is 0 Å². The lowest BCUT2D eigenvalue weighted by Crippen LogP contribution is -2.49. The molecule has 0 bridgehead atoms. The molecule has 24 nitrogen and oxygen atoms in total. The van der Waals surface area contributed by atoms with Gasteiger partial charge in [0, 0.05) is 144 Å². The van der Waals surface area contributed by atoms with Crippen molar-refractivity contribution in [3.05, 3.63) is 196 Å². The molecule has 4 aromatic heterocycles. The van der Waals surface area contributed by atoms with Gasteiger partial charge in [0.25, 0.3) is 34.4 Å². The summed E-state index contributed by atoms with van der Waals surface area (Å²) in [7, 11) is 6.52. The van der Waals surface area contributed by atoms with Crippen LogP contribution in [0.3, 0.4) is 0 Å². The highest BCUT2D eigenvalue weighted by Gasteiger charge is 2.34. The van der Waals surface area contributed by atoms with E-state index in [0.717, 1.165) is 17.2 Å². The molecule has 3 aliphatic rings. The molecule has 3 saturated heterocycles. The minimum absolute atomic E-state index is 0.0168. The molecule has 0 saturated carbocycles. The third-order valence-electron chi connectivity index (χ3n) is 17.9. The van der Waals surface area contributed by atoms with E-state index in [4.69, 9.17) is 30.5 Å². The molecule has 5 aromatic carbocycles. The van der Waals surface area contributed by atoms with Crippen LogP contribution >= 0.6 is 22.9 Å². The Labute approximate surface area is 588 Å². The first-order valence-corrected chi connectivity index (χ1v) is 35.9. The quantitative estimate of drug-likeness (QED) is 0.0831. The fourth-order valence-electron chi connectivity index (χ4n) is 12.7. The van der Waals surface area contributed by atoms with Gasteiger partial charge in [0.2, 0.25) is 0 Å². The van der Waals surface area contributed by atoms with Crippen LogP contribution in [0, 0.1) is 0 Å². The maximum atomic E-state index is 13.7. The van der Waals surface area contributed by atoms with Gasteiger partial charge in [0.05, 0.1) is 65.9 Å². The maximum Gasteiger partial charge on any atom is 0.345 e. The zero-order chi connectivity index (χ0) is 71.7. The largest absolute Gasteiger partial charge is 0.497 e. The van der Waals surface area contributed by atoms with Gasteiger partial charge in [-0.05, 0) is 118 Å². The second-order valence-corrected chi connectivity index (χ2v) is 27.6. The van der Waals surface area contributed by atoms with Crippen LogP contribution in [0.25, 0.3) is 32.7 Å². The number of benzene rings is 5. The van der Waals surface area contributed by atoms with Gasteiger partial charge in [-0.15, -0.1) is 11.3 Å². The molecule has 0 unspecified atom stereocenters. The highest BCUT2D eigenvalue weighted by molar-refractivity contribution is 7.90. The van der Waals surface area contributed by atoms with Crippen LogP contribution in [0.5, 0.6) is 11.5 Å². The molecule has 0 atom stereocenters. The molecule has 100 heavy (non-hydrogen) atoms. The second kappa shape index (κ2) is 31.9. The number of likely N-dealkylation sites (N-methyl/N-ethyl adjacent to an activating group) is 1. The first kappa shape index (κ1) is 72.7. The third-order valence-corrected chi connectivity index (χ3v) is 20.1. The molecule has 0 spiro atoms. The van der Waals surface area contributed by atoms with E-state index in [1.54, 1.807) is 134 Å². The summed E-state index contributed by atoms with van der Waals surface area (Å²) in [6, 6.07) is 37.9. The monoisotopic (exact) mass is 1420 g/mol. The summed E-state index contributed by atoms with van der Waals surface area (Å²) in [4.78, 5) is 118. The van der Waals surface area contributed by atoms with Crippen LogP contribution in [0.1, 0.15) is 65.0 Å². The smallest absolute Gasteiger partial charge is 0.345 e. The van der Waals surface area contributed by atoms with Crippen molar-refractivity contribution in [2.45, 2.75) is 25.3 Å². The molecule has 526 valence electrons. The number of fused-ring (bicyclic) bond motifs is 3. The Hall–Kier alpha value is -10.0. The first-order valence-electron chi connectivity index (χ1n) is 32.7. The number of hydrogen-bond acceptors (Lipinski definition) is 19. The van der Waals surface area contributed by atoms with E-state index < -0.39 is 32.9 Å². The standard InChI is InChI=1S/C28H34N4O5.C25H26ClN3O5.C20H21N3O4S2/c1-5-37-28(35)24-25(22-8-6-7-9-23(22)32(27(24)34)19-14-29(2)3)30-15-17-31(18-16-30)26(33)20-10-12-21(36-4)13-11-20;1-4-34-25(32)21-22(19-15-17(26)7-10-20(19)27(2)24(21)31)28-11-13-29(14-12-28)23(30)16-5-8-18(33-3)9-6-16;1-21-15-7-4-3-6-14(15)17(18(20(21)25)29(2,26)27)22-9-11-23(12-10-22)19(24)16-8-5-13-28-16/h6-13H,5,14-19H2,1-4H3;5-10,15H,4,11-14H2,1-3H3;3-8,13H,9-12H2,1-2H3. The van der Waals surface area contributed by atoms with Gasteiger partial charge in [-0.25, -0.2) is 18.0 Å². The average molecular weight is 1420 g/mol. The minimum Gasteiger partial charge on any atom is -0.497 e. The van der Waals surface area contributed by atoms with Gasteiger partial charge in [-0.2, -0.15) is 0 Å². The summed E-state index contributed by atoms with van der Waals surface area (Å²) < 4.78 is 50.5. The number of nitrogens with zero attached hydrogens (tertiary/aromatic N) is 10. The lowest BCUT2D eigenvalue weighted by atomic mass is 10.1. The van der Waals surface area contributed by atoms with Crippen LogP contribution in [0.15, 0.2) is 152 Å². The van der Waals surface area contributed by atoms with E-state index in [-0.39, 0.29) is 52.5 Å². The van der Waals surface area contributed by atoms with Crippen LogP contribution < -0.4 is 40.9 Å². The number of hydrogen-bond donors (Lipinski definition) is 0. The van der Waals surface area contributed by atoms with E-state index in [0.29, 0.717) is 163 Å². The number of ether oxygens (including phenoxy) is 4. The number of esters is 2. The lowest BCUT2D eigenvalue weighted by molar-refractivity contribution is 0.0514. The molecule has 7 heterocycles. The fraction of sp³-hybridized carbons (Fsp3) is 0.342. The molecular weight excluding hydrogens is 1340 g/mol. The number of piperazine rings is 3. The summed E-state index contributed by atoms with van der Waals surface area (Å²) in [5.74, 6) is -0.0667. The van der Waals surface area contributed by atoms with Crippen LogP contribution in [-0.2, 0) is 40.0 Å². The Morgan fingerprint density at radius 3 is 1.40 bits per heavy atom. The van der Waals surface area contributed by atoms with Crippen molar-refractivity contribution in [2.24, 2.45) is 14.1 Å². The molecule has 0 aliphatic carbocycles. The SMILES string of the molecule is CCOC(=O)c1c(N2CCN(C(=O)c3ccc(OC)cc3)CC2)c2cc(Cl)ccc2n(C)c1=O.CCOC(=O)c1c(N2CCN(C(=O)c3ccc(OC)cc3)CC2)c2ccccc2n(CCN(C)C)c1=O.Cn1c(=O)c(S(C)(=O)=O)c(N2CCN(C(=O)c3cccs3)CC2)c2ccccc21. The summed E-state index contributed by atoms with van der Waals surface area (Å²) in [5, 5.41) is 4.59. The zero-order valence-electron chi connectivity index (χ0n) is 57.4. The molecule has 3 amide bonds. The Balaban J connectivity index is 0.000000163. The van der Waals surface area contributed by atoms with E-state index in [9.17, 15) is 46.8 Å². The second-order valence-electron chi connectivity index (χ2n) is 24.3. The summed E-state index contributed by atoms with van der Waals surface area (Å²) in [6.45, 7) is 10.3. The van der Waals surface area contributed by atoms with Crippen molar-refractivity contribution in [1.82, 2.24) is 33.3 Å². The van der Waals surface area contributed by atoms with Gasteiger partial charge < -0.3 is 66.9 Å². The molecule has 3 aliphatic heterocycles. The zero-order valence-corrected chi connectivity index (χ0v) is 59.8. The van der Waals surface area contributed by atoms with E-state index >= 15 is 0 Å². The number of halogens is 1. The average Bonchev–Trinajstić information content (AvgIpc) is 0.794. The number of thiophene rings is 1. The molecule has 27 heteroatoms. The van der Waals surface area contributed by atoms with Gasteiger partial charge in [-0.1, -0.05) is 54.1 Å². The predicted molar refractivity (Wildman–Crippen MR) is 390 cm³/mol. The Bertz CT molecular complexity index is 4830. The number of aromatic nitrogens is 3. The normalized spacial score (nSPS) is 14.2. The number of pyridine rings is 3. The van der Waals surface area contributed by atoms with Gasteiger partial charge in [-0.3, -0.25) is 28.8 Å². The molecular formula is C73H81ClN10O14S2. The maximum absolute atomic E-state index is 13.7. The van der Waals surface area contributed by atoms with Crippen LogP contribution in [-0.4, -0.2) is 204 Å². The van der Waals surface area contributed by atoms with Crippen molar-refractivity contribution >= 4 is 112 Å². The van der Waals surface area contributed by atoms with Crippen molar-refractivity contribution in [1.29, 1.82) is 0 Å². The topological polar surface area (TPSA) is 245 Å². The number of amides is 3.